The van der Waals surface area contributed by atoms with Crippen LogP contribution in [0.1, 0.15) is 15.9 Å². The van der Waals surface area contributed by atoms with Crippen LogP contribution in [0.3, 0.4) is 0 Å². The van der Waals surface area contributed by atoms with Gasteiger partial charge >= 0.3 is 0 Å². The predicted molar refractivity (Wildman–Crippen MR) is 120 cm³/mol. The molecule has 3 aromatic carbocycles. The molecule has 1 aromatic heterocycles. The van der Waals surface area contributed by atoms with Crippen molar-refractivity contribution in [2.45, 2.75) is 6.92 Å². The number of anilines is 1. The number of benzene rings is 3. The van der Waals surface area contributed by atoms with E-state index < -0.39 is 10.8 Å². The van der Waals surface area contributed by atoms with Gasteiger partial charge in [0, 0.05) is 11.8 Å². The molecule has 0 aliphatic carbocycles. The first kappa shape index (κ1) is 20.1. The number of para-hydroxylation sites is 1. The molecule has 4 aromatic rings. The molecule has 0 spiro atoms. The fourth-order valence-corrected chi connectivity index (χ4v) is 3.15. The molecule has 0 saturated carbocycles. The Balaban J connectivity index is 1.49. The first-order chi connectivity index (χ1) is 14.9. The lowest BCUT2D eigenvalue weighted by Crippen LogP contribution is -2.34. The average Bonchev–Trinajstić information content (AvgIpc) is 3.17. The quantitative estimate of drug-likeness (QED) is 0.287. The van der Waals surface area contributed by atoms with Gasteiger partial charge in [-0.15, -0.1) is 10.2 Å². The number of aryl methyl sites for hydroxylation is 1. The third kappa shape index (κ3) is 4.38. The summed E-state index contributed by atoms with van der Waals surface area (Å²) in [5.41, 5.74) is 3.53. The Morgan fingerprint density at radius 3 is 2.48 bits per heavy atom. The summed E-state index contributed by atoms with van der Waals surface area (Å²) in [4.78, 5) is 24.4. The maximum atomic E-state index is 12.4. The molecule has 10 heteroatoms. The third-order valence-electron chi connectivity index (χ3n) is 4.48. The van der Waals surface area contributed by atoms with Crippen molar-refractivity contribution in [3.63, 3.8) is 0 Å². The maximum Gasteiger partial charge on any atom is 0.282 e. The molecule has 31 heavy (non-hydrogen) atoms. The van der Waals surface area contributed by atoms with Crippen LogP contribution < -0.4 is 10.6 Å². The van der Waals surface area contributed by atoms with E-state index in [0.29, 0.717) is 16.7 Å². The lowest BCUT2D eigenvalue weighted by atomic mass is 10.1. The predicted octanol–water partition coefficient (Wildman–Crippen LogP) is 3.76. The number of nitro groups is 1. The minimum Gasteiger partial charge on any atom is -0.332 e. The van der Waals surface area contributed by atoms with Gasteiger partial charge in [0.05, 0.1) is 10.6 Å². The van der Waals surface area contributed by atoms with E-state index in [1.165, 1.54) is 18.2 Å². The van der Waals surface area contributed by atoms with E-state index in [1.54, 1.807) is 29.1 Å². The summed E-state index contributed by atoms with van der Waals surface area (Å²) in [5, 5.41) is 25.4. The molecule has 0 atom stereocenters. The van der Waals surface area contributed by atoms with Gasteiger partial charge in [-0.05, 0) is 55.5 Å². The normalized spacial score (nSPS) is 10.6. The lowest BCUT2D eigenvalue weighted by Gasteiger charge is -2.09. The number of hydrogen-bond acceptors (Lipinski definition) is 6. The monoisotopic (exact) mass is 432 g/mol. The molecule has 0 saturated heterocycles. The zero-order valence-electron chi connectivity index (χ0n) is 16.3. The average molecular weight is 432 g/mol. The second-order valence-corrected chi connectivity index (χ2v) is 7.12. The number of nitro benzene ring substituents is 1. The number of fused-ring (bicyclic) bond motifs is 1. The number of carbonyl (C=O) groups excluding carboxylic acids is 1. The number of hydrogen-bond donors (Lipinski definition) is 2. The Bertz CT molecular complexity index is 1320. The van der Waals surface area contributed by atoms with Gasteiger partial charge in [-0.1, -0.05) is 29.8 Å². The van der Waals surface area contributed by atoms with Gasteiger partial charge in [0.25, 0.3) is 11.6 Å². The minimum atomic E-state index is -0.670. The molecule has 0 bridgehead atoms. The molecule has 0 unspecified atom stereocenters. The highest BCUT2D eigenvalue weighted by atomic mass is 32.1. The fourth-order valence-electron chi connectivity index (χ4n) is 2.94. The first-order valence-corrected chi connectivity index (χ1v) is 9.61. The molecule has 0 aliphatic rings. The zero-order valence-corrected chi connectivity index (χ0v) is 17.1. The van der Waals surface area contributed by atoms with Gasteiger partial charge in [0.2, 0.25) is 0 Å². The molecule has 2 N–H and O–H groups in total. The molecule has 9 nitrogen and oxygen atoms in total. The number of thiocarbonyl (C=S) groups is 1. The minimum absolute atomic E-state index is 0.00780. The van der Waals surface area contributed by atoms with Gasteiger partial charge in [-0.25, -0.2) is 0 Å². The Hall–Kier alpha value is -4.18. The number of rotatable bonds is 4. The Labute approximate surface area is 181 Å². The van der Waals surface area contributed by atoms with Gasteiger partial charge in [-0.2, -0.15) is 4.80 Å². The third-order valence-corrected chi connectivity index (χ3v) is 4.68. The summed E-state index contributed by atoms with van der Waals surface area (Å²) < 4.78 is 0. The first-order valence-electron chi connectivity index (χ1n) is 9.20. The van der Waals surface area contributed by atoms with E-state index in [-0.39, 0.29) is 16.4 Å². The van der Waals surface area contributed by atoms with E-state index in [9.17, 15) is 14.9 Å². The molecule has 4 rings (SSSR count). The van der Waals surface area contributed by atoms with Crippen molar-refractivity contribution in [3.8, 4) is 5.69 Å². The van der Waals surface area contributed by atoms with Crippen LogP contribution in [-0.4, -0.2) is 30.9 Å². The van der Waals surface area contributed by atoms with E-state index >= 15 is 0 Å². The highest BCUT2D eigenvalue weighted by molar-refractivity contribution is 7.80. The van der Waals surface area contributed by atoms with Gasteiger partial charge in [0.1, 0.15) is 16.6 Å². The second kappa shape index (κ2) is 8.28. The molecule has 0 radical (unpaired) electrons. The standard InChI is InChI=1S/C21H16N6O3S/c1-13-6-9-15(10-7-13)26-24-17-11-8-14(12-18(17)25-26)22-21(31)23-20(28)16-4-2-3-5-19(16)27(29)30/h2-12H,1H3,(H2,22,23,28,31). The fraction of sp³-hybridized carbons (Fsp3) is 0.0476. The summed E-state index contributed by atoms with van der Waals surface area (Å²) in [7, 11) is 0. The lowest BCUT2D eigenvalue weighted by molar-refractivity contribution is -0.385. The van der Waals surface area contributed by atoms with Crippen molar-refractivity contribution >= 4 is 45.6 Å². The maximum absolute atomic E-state index is 12.4. The second-order valence-electron chi connectivity index (χ2n) is 6.71. The van der Waals surface area contributed by atoms with Crippen molar-refractivity contribution < 1.29 is 9.72 Å². The summed E-state index contributed by atoms with van der Waals surface area (Å²) in [6, 6.07) is 18.8. The Morgan fingerprint density at radius 1 is 1.03 bits per heavy atom. The van der Waals surface area contributed by atoms with Crippen molar-refractivity contribution in [1.29, 1.82) is 0 Å². The number of nitrogens with zero attached hydrogens (tertiary/aromatic N) is 4. The van der Waals surface area contributed by atoms with Crippen molar-refractivity contribution in [2.75, 3.05) is 5.32 Å². The van der Waals surface area contributed by atoms with Gasteiger partial charge in [-0.3, -0.25) is 20.2 Å². The molecule has 154 valence electrons. The highest BCUT2D eigenvalue weighted by Gasteiger charge is 2.20. The summed E-state index contributed by atoms with van der Waals surface area (Å²) in [6.45, 7) is 2.01. The molecule has 0 fully saturated rings. The molecule has 0 aliphatic heterocycles. The Morgan fingerprint density at radius 2 is 1.74 bits per heavy atom. The molecular formula is C21H16N6O3S. The van der Waals surface area contributed by atoms with Crippen LogP contribution in [0.4, 0.5) is 11.4 Å². The van der Waals surface area contributed by atoms with Crippen LogP contribution in [-0.2, 0) is 0 Å². The number of nitrogens with one attached hydrogen (secondary N) is 2. The van der Waals surface area contributed by atoms with Crippen molar-refractivity contribution in [1.82, 2.24) is 20.3 Å². The number of carbonyl (C=O) groups is 1. The van der Waals surface area contributed by atoms with Crippen LogP contribution in [0.15, 0.2) is 66.7 Å². The van der Waals surface area contributed by atoms with E-state index in [0.717, 1.165) is 11.3 Å². The van der Waals surface area contributed by atoms with E-state index in [2.05, 4.69) is 20.8 Å². The largest absolute Gasteiger partial charge is 0.332 e. The van der Waals surface area contributed by atoms with Gasteiger partial charge < -0.3 is 5.32 Å². The zero-order chi connectivity index (χ0) is 22.0. The van der Waals surface area contributed by atoms with Crippen molar-refractivity contribution in [3.05, 3.63) is 88.0 Å². The van der Waals surface area contributed by atoms with E-state index in [1.807, 2.05) is 31.2 Å². The van der Waals surface area contributed by atoms with E-state index in [4.69, 9.17) is 12.2 Å². The smallest absolute Gasteiger partial charge is 0.282 e. The van der Waals surface area contributed by atoms with Crippen molar-refractivity contribution in [2.24, 2.45) is 0 Å². The summed E-state index contributed by atoms with van der Waals surface area (Å²) in [5.74, 6) is -0.670. The summed E-state index contributed by atoms with van der Waals surface area (Å²) in [6.07, 6.45) is 0. The van der Waals surface area contributed by atoms with Crippen LogP contribution in [0, 0.1) is 17.0 Å². The Kier molecular flexibility index (Phi) is 5.37. The van der Waals surface area contributed by atoms with Crippen LogP contribution >= 0.6 is 12.2 Å². The van der Waals surface area contributed by atoms with Gasteiger partial charge in [0.15, 0.2) is 5.11 Å². The molecule has 1 heterocycles. The van der Waals surface area contributed by atoms with Crippen LogP contribution in [0.25, 0.3) is 16.7 Å². The molecular weight excluding hydrogens is 416 g/mol. The molecule has 1 amide bonds. The summed E-state index contributed by atoms with van der Waals surface area (Å²) >= 11 is 5.18. The SMILES string of the molecule is Cc1ccc(-n2nc3ccc(NC(=S)NC(=O)c4ccccc4[N+](=O)[O-])cc3n2)cc1. The van der Waals surface area contributed by atoms with Crippen LogP contribution in [0.2, 0.25) is 0 Å². The number of aromatic nitrogens is 3. The number of amides is 1. The topological polar surface area (TPSA) is 115 Å². The highest BCUT2D eigenvalue weighted by Crippen LogP contribution is 2.19. The van der Waals surface area contributed by atoms with Crippen LogP contribution in [0.5, 0.6) is 0 Å².